The molecule has 0 fully saturated rings. The van der Waals surface area contributed by atoms with Gasteiger partial charge in [-0.2, -0.15) is 4.98 Å². The Bertz CT molecular complexity index is 510. The Morgan fingerprint density at radius 3 is 2.29 bits per heavy atom. The number of hydrogen-bond donors (Lipinski definition) is 1. The lowest BCUT2D eigenvalue weighted by atomic mass is 10.3. The maximum atomic E-state index is 5.50. The second-order valence-electron chi connectivity index (χ2n) is 3.64. The Hall–Kier alpha value is -2.17. The lowest BCUT2D eigenvalue weighted by Crippen LogP contribution is -1.99. The van der Waals surface area contributed by atoms with Crippen molar-refractivity contribution in [3.05, 3.63) is 35.7 Å². The molecule has 1 N–H and O–H groups in total. The van der Waals surface area contributed by atoms with Crippen LogP contribution in [0.15, 0.2) is 24.3 Å². The zero-order chi connectivity index (χ0) is 12.3. The number of ether oxygens (including phenoxy) is 1. The summed E-state index contributed by atoms with van der Waals surface area (Å²) in [6, 6.07) is 7.81. The van der Waals surface area contributed by atoms with Crippen LogP contribution in [0.5, 0.6) is 11.8 Å². The van der Waals surface area contributed by atoms with E-state index in [1.807, 2.05) is 45.2 Å². The second-order valence-corrected chi connectivity index (χ2v) is 3.64. The predicted molar refractivity (Wildman–Crippen MR) is 65.4 cm³/mol. The molecule has 1 heterocycles. The van der Waals surface area contributed by atoms with Crippen molar-refractivity contribution in [2.75, 3.05) is 12.4 Å². The van der Waals surface area contributed by atoms with E-state index in [1.165, 1.54) is 0 Å². The monoisotopic (exact) mass is 230 g/mol. The van der Waals surface area contributed by atoms with E-state index in [4.69, 9.17) is 4.74 Å². The lowest BCUT2D eigenvalue weighted by molar-refractivity contribution is 0.430. The van der Waals surface area contributed by atoms with Crippen LogP contribution in [0.3, 0.4) is 0 Å². The van der Waals surface area contributed by atoms with Crippen molar-refractivity contribution in [3.8, 4) is 11.8 Å². The van der Waals surface area contributed by atoms with Crippen LogP contribution in [0, 0.1) is 13.8 Å². The fraction of sp³-hybridized carbons (Fsp3) is 0.250. The van der Waals surface area contributed by atoms with Gasteiger partial charge in [0.25, 0.3) is 0 Å². The number of nitrogens with zero attached hydrogens (tertiary/aromatic N) is 3. The van der Waals surface area contributed by atoms with Crippen molar-refractivity contribution in [3.63, 3.8) is 0 Å². The number of aryl methyl sites for hydroxylation is 2. The van der Waals surface area contributed by atoms with Crippen LogP contribution in [-0.2, 0) is 0 Å². The first-order valence-electron chi connectivity index (χ1n) is 5.32. The lowest BCUT2D eigenvalue weighted by Gasteiger charge is -2.05. The Labute approximate surface area is 99.9 Å². The Kier molecular flexibility index (Phi) is 3.18. The molecule has 0 saturated heterocycles. The summed E-state index contributed by atoms with van der Waals surface area (Å²) in [4.78, 5) is 4.20. The molecule has 5 heteroatoms. The highest BCUT2D eigenvalue weighted by Gasteiger charge is 2.03. The third kappa shape index (κ3) is 2.69. The molecule has 88 valence electrons. The van der Waals surface area contributed by atoms with E-state index >= 15 is 0 Å². The third-order valence-corrected chi connectivity index (χ3v) is 2.42. The second kappa shape index (κ2) is 4.78. The van der Waals surface area contributed by atoms with E-state index in [9.17, 15) is 0 Å². The number of aromatic nitrogens is 3. The molecular weight excluding hydrogens is 216 g/mol. The van der Waals surface area contributed by atoms with Crippen molar-refractivity contribution in [1.82, 2.24) is 15.2 Å². The van der Waals surface area contributed by atoms with Crippen LogP contribution in [0.25, 0.3) is 0 Å². The first kappa shape index (κ1) is 11.3. The molecule has 0 saturated carbocycles. The molecule has 0 aliphatic rings. The number of nitrogens with one attached hydrogen (secondary N) is 1. The number of anilines is 1. The Balaban J connectivity index is 2.16. The van der Waals surface area contributed by atoms with Gasteiger partial charge in [-0.1, -0.05) is 5.10 Å². The summed E-state index contributed by atoms with van der Waals surface area (Å²) in [5.74, 6) is 0.689. The van der Waals surface area contributed by atoms with Crippen LogP contribution in [-0.4, -0.2) is 22.2 Å². The highest BCUT2D eigenvalue weighted by Crippen LogP contribution is 2.19. The zero-order valence-corrected chi connectivity index (χ0v) is 10.1. The van der Waals surface area contributed by atoms with Gasteiger partial charge in [0.05, 0.1) is 11.4 Å². The minimum Gasteiger partial charge on any atom is -0.423 e. The Morgan fingerprint density at radius 1 is 1.00 bits per heavy atom. The molecule has 1 aromatic carbocycles. The van der Waals surface area contributed by atoms with Crippen LogP contribution < -0.4 is 10.1 Å². The average Bonchev–Trinajstić information content (AvgIpc) is 2.35. The smallest absolute Gasteiger partial charge is 0.341 e. The largest absolute Gasteiger partial charge is 0.423 e. The fourth-order valence-corrected chi connectivity index (χ4v) is 1.28. The van der Waals surface area contributed by atoms with Crippen molar-refractivity contribution in [2.24, 2.45) is 0 Å². The molecule has 0 amide bonds. The summed E-state index contributed by atoms with van der Waals surface area (Å²) in [7, 11) is 1.87. The van der Waals surface area contributed by atoms with Gasteiger partial charge in [-0.05, 0) is 38.1 Å². The van der Waals surface area contributed by atoms with Crippen molar-refractivity contribution in [2.45, 2.75) is 13.8 Å². The topological polar surface area (TPSA) is 59.9 Å². The van der Waals surface area contributed by atoms with Crippen molar-refractivity contribution < 1.29 is 4.74 Å². The van der Waals surface area contributed by atoms with Crippen molar-refractivity contribution >= 4 is 5.69 Å². The van der Waals surface area contributed by atoms with Crippen LogP contribution in [0.2, 0.25) is 0 Å². The fourth-order valence-electron chi connectivity index (χ4n) is 1.28. The van der Waals surface area contributed by atoms with Gasteiger partial charge in [0.15, 0.2) is 0 Å². The van der Waals surface area contributed by atoms with E-state index < -0.39 is 0 Å². The summed E-state index contributed by atoms with van der Waals surface area (Å²) >= 11 is 0. The van der Waals surface area contributed by atoms with Gasteiger partial charge < -0.3 is 10.1 Å². The quantitative estimate of drug-likeness (QED) is 0.876. The Morgan fingerprint density at radius 2 is 1.71 bits per heavy atom. The highest BCUT2D eigenvalue weighted by atomic mass is 16.5. The molecule has 0 radical (unpaired) electrons. The molecule has 0 unspecified atom stereocenters. The van der Waals surface area contributed by atoms with Gasteiger partial charge in [0.1, 0.15) is 5.75 Å². The first-order valence-corrected chi connectivity index (χ1v) is 5.32. The molecule has 5 nitrogen and oxygen atoms in total. The predicted octanol–water partition coefficient (Wildman–Crippen LogP) is 2.32. The standard InChI is InChI=1S/C12H14N4O/c1-8-9(2)15-16-12(14-8)17-11-6-4-10(13-3)5-7-11/h4-7,13H,1-3H3. The highest BCUT2D eigenvalue weighted by molar-refractivity contribution is 5.46. The molecule has 0 aliphatic heterocycles. The summed E-state index contributed by atoms with van der Waals surface area (Å²) < 4.78 is 5.50. The van der Waals surface area contributed by atoms with E-state index in [1.54, 1.807) is 0 Å². The van der Waals surface area contributed by atoms with E-state index in [2.05, 4.69) is 20.5 Å². The van der Waals surface area contributed by atoms with E-state index in [-0.39, 0.29) is 6.01 Å². The van der Waals surface area contributed by atoms with E-state index in [0.717, 1.165) is 17.1 Å². The van der Waals surface area contributed by atoms with Crippen LogP contribution in [0.1, 0.15) is 11.4 Å². The zero-order valence-electron chi connectivity index (χ0n) is 10.1. The molecular formula is C12H14N4O. The molecule has 0 spiro atoms. The summed E-state index contributed by atoms with van der Waals surface area (Å²) in [6.07, 6.45) is 0. The molecule has 0 aliphatic carbocycles. The summed E-state index contributed by atoms with van der Waals surface area (Å²) in [6.45, 7) is 3.74. The van der Waals surface area contributed by atoms with E-state index in [0.29, 0.717) is 5.75 Å². The summed E-state index contributed by atoms with van der Waals surface area (Å²) in [5, 5.41) is 10.9. The molecule has 2 aromatic rings. The van der Waals surface area contributed by atoms with Gasteiger partial charge in [-0.3, -0.25) is 0 Å². The number of hydrogen-bond acceptors (Lipinski definition) is 5. The van der Waals surface area contributed by atoms with Gasteiger partial charge in [-0.25, -0.2) is 0 Å². The van der Waals surface area contributed by atoms with Gasteiger partial charge in [-0.15, -0.1) is 5.10 Å². The SMILES string of the molecule is CNc1ccc(Oc2nnc(C)c(C)n2)cc1. The minimum atomic E-state index is 0.269. The minimum absolute atomic E-state index is 0.269. The van der Waals surface area contributed by atoms with Crippen LogP contribution >= 0.6 is 0 Å². The maximum Gasteiger partial charge on any atom is 0.341 e. The molecule has 2 rings (SSSR count). The van der Waals surface area contributed by atoms with Crippen molar-refractivity contribution in [1.29, 1.82) is 0 Å². The molecule has 0 atom stereocenters. The normalized spacial score (nSPS) is 10.1. The van der Waals surface area contributed by atoms with Gasteiger partial charge in [0, 0.05) is 12.7 Å². The average molecular weight is 230 g/mol. The molecule has 0 bridgehead atoms. The van der Waals surface area contributed by atoms with Gasteiger partial charge >= 0.3 is 6.01 Å². The summed E-state index contributed by atoms with van der Waals surface area (Å²) in [5.41, 5.74) is 2.65. The van der Waals surface area contributed by atoms with Crippen LogP contribution in [0.4, 0.5) is 5.69 Å². The van der Waals surface area contributed by atoms with Gasteiger partial charge in [0.2, 0.25) is 0 Å². The number of rotatable bonds is 3. The third-order valence-electron chi connectivity index (χ3n) is 2.42. The number of benzene rings is 1. The molecule has 1 aromatic heterocycles. The maximum absolute atomic E-state index is 5.50. The first-order chi connectivity index (χ1) is 8.19. The molecule has 17 heavy (non-hydrogen) atoms.